The van der Waals surface area contributed by atoms with E-state index in [0.717, 1.165) is 5.69 Å². The van der Waals surface area contributed by atoms with Gasteiger partial charge in [0, 0.05) is 10.4 Å². The lowest BCUT2D eigenvalue weighted by molar-refractivity contribution is 0.0845. The number of fused-ring (bicyclic) bond motifs is 1. The molecule has 0 fully saturated rings. The summed E-state index contributed by atoms with van der Waals surface area (Å²) in [5.74, 6) is 0.635. The molecule has 3 nitrogen and oxygen atoms in total. The van der Waals surface area contributed by atoms with Crippen LogP contribution in [-0.4, -0.2) is 10.8 Å². The summed E-state index contributed by atoms with van der Waals surface area (Å²) in [6, 6.07) is 5.10. The van der Waals surface area contributed by atoms with E-state index in [0.29, 0.717) is 22.8 Å². The molecule has 86 valence electrons. The number of halogens is 1. The lowest BCUT2D eigenvalue weighted by Crippen LogP contribution is -2.20. The predicted octanol–water partition coefficient (Wildman–Crippen LogP) is 3.50. The second-order valence-corrected chi connectivity index (χ2v) is 4.94. The Hall–Kier alpha value is -1.39. The topological polar surface area (TPSA) is 39.2 Å². The standard InChI is InChI=1S/C12H8ClNO2S/c13-7-1-2-11-8(3-7)10(15)4-12(16-11)9-5-17-6-14-9/h1-3,5-6,12H,4H2. The second kappa shape index (κ2) is 4.13. The maximum atomic E-state index is 12.0. The van der Waals surface area contributed by atoms with Crippen LogP contribution in [0.3, 0.4) is 0 Å². The van der Waals surface area contributed by atoms with Crippen molar-refractivity contribution in [3.05, 3.63) is 45.4 Å². The number of carbonyl (C=O) groups is 1. The van der Waals surface area contributed by atoms with Crippen LogP contribution in [0.5, 0.6) is 5.75 Å². The monoisotopic (exact) mass is 265 g/mol. The van der Waals surface area contributed by atoms with E-state index in [4.69, 9.17) is 16.3 Å². The molecule has 1 aromatic carbocycles. The zero-order valence-corrected chi connectivity index (χ0v) is 10.3. The molecule has 1 aliphatic rings. The number of rotatable bonds is 1. The summed E-state index contributed by atoms with van der Waals surface area (Å²) in [5.41, 5.74) is 3.11. The summed E-state index contributed by atoms with van der Waals surface area (Å²) in [5, 5.41) is 2.45. The Balaban J connectivity index is 1.99. The van der Waals surface area contributed by atoms with Crippen molar-refractivity contribution in [1.29, 1.82) is 0 Å². The van der Waals surface area contributed by atoms with E-state index in [9.17, 15) is 4.79 Å². The Morgan fingerprint density at radius 3 is 3.12 bits per heavy atom. The van der Waals surface area contributed by atoms with Gasteiger partial charge in [0.05, 0.1) is 23.2 Å². The summed E-state index contributed by atoms with van der Waals surface area (Å²) in [6.07, 6.45) is 0.0410. The maximum Gasteiger partial charge on any atom is 0.170 e. The number of benzene rings is 1. The zero-order valence-electron chi connectivity index (χ0n) is 8.72. The van der Waals surface area contributed by atoms with Gasteiger partial charge in [-0.1, -0.05) is 11.6 Å². The van der Waals surface area contributed by atoms with Crippen LogP contribution < -0.4 is 4.74 Å². The fourth-order valence-electron chi connectivity index (χ4n) is 1.84. The number of ether oxygens (including phenoxy) is 1. The van der Waals surface area contributed by atoms with E-state index in [1.165, 1.54) is 11.3 Å². The fourth-order valence-corrected chi connectivity index (χ4v) is 2.61. The minimum atomic E-state index is -0.276. The molecule has 0 N–H and O–H groups in total. The number of thiazole rings is 1. The number of Topliss-reactive ketones (excluding diaryl/α,β-unsaturated/α-hetero) is 1. The molecule has 0 radical (unpaired) electrons. The van der Waals surface area contributed by atoms with Crippen molar-refractivity contribution in [3.63, 3.8) is 0 Å². The lowest BCUT2D eigenvalue weighted by atomic mass is 9.99. The molecule has 1 aromatic heterocycles. The molecule has 0 amide bonds. The zero-order chi connectivity index (χ0) is 11.8. The highest BCUT2D eigenvalue weighted by Crippen LogP contribution is 2.35. The molecule has 0 spiro atoms. The van der Waals surface area contributed by atoms with Crippen molar-refractivity contribution in [2.75, 3.05) is 0 Å². The molecule has 2 heterocycles. The number of nitrogens with zero attached hydrogens (tertiary/aromatic N) is 1. The van der Waals surface area contributed by atoms with Gasteiger partial charge in [0.1, 0.15) is 11.9 Å². The third-order valence-electron chi connectivity index (χ3n) is 2.66. The molecule has 0 saturated carbocycles. The van der Waals surface area contributed by atoms with Gasteiger partial charge in [0.2, 0.25) is 0 Å². The van der Waals surface area contributed by atoms with Crippen LogP contribution in [0.25, 0.3) is 0 Å². The van der Waals surface area contributed by atoms with Crippen molar-refractivity contribution >= 4 is 28.7 Å². The maximum absolute atomic E-state index is 12.0. The lowest BCUT2D eigenvalue weighted by Gasteiger charge is -2.23. The Labute approximate surface area is 107 Å². The van der Waals surface area contributed by atoms with Crippen LogP contribution in [0.15, 0.2) is 29.1 Å². The Kier molecular flexibility index (Phi) is 2.61. The first-order chi connectivity index (χ1) is 8.24. The van der Waals surface area contributed by atoms with Gasteiger partial charge in [-0.15, -0.1) is 11.3 Å². The first-order valence-electron chi connectivity index (χ1n) is 5.11. The third kappa shape index (κ3) is 1.94. The number of hydrogen-bond acceptors (Lipinski definition) is 4. The second-order valence-electron chi connectivity index (χ2n) is 3.79. The third-order valence-corrected chi connectivity index (χ3v) is 3.50. The molecule has 5 heteroatoms. The average Bonchev–Trinajstić information content (AvgIpc) is 2.83. The summed E-state index contributed by atoms with van der Waals surface area (Å²) >= 11 is 7.35. The van der Waals surface area contributed by atoms with Crippen LogP contribution in [-0.2, 0) is 0 Å². The molecule has 0 aliphatic carbocycles. The van der Waals surface area contributed by atoms with E-state index in [1.54, 1.807) is 23.7 Å². The van der Waals surface area contributed by atoms with Crippen LogP contribution in [0.1, 0.15) is 28.6 Å². The first kappa shape index (κ1) is 10.7. The SMILES string of the molecule is O=C1CC(c2cscn2)Oc2ccc(Cl)cc21. The Morgan fingerprint density at radius 2 is 2.35 bits per heavy atom. The average molecular weight is 266 g/mol. The van der Waals surface area contributed by atoms with Crippen molar-refractivity contribution < 1.29 is 9.53 Å². The van der Waals surface area contributed by atoms with E-state index >= 15 is 0 Å². The summed E-state index contributed by atoms with van der Waals surface area (Å²) in [6.45, 7) is 0. The molecule has 1 aliphatic heterocycles. The number of hydrogen-bond donors (Lipinski definition) is 0. The smallest absolute Gasteiger partial charge is 0.170 e. The molecular weight excluding hydrogens is 258 g/mol. The molecule has 1 atom stereocenters. The van der Waals surface area contributed by atoms with E-state index in [1.807, 2.05) is 5.38 Å². The number of carbonyl (C=O) groups excluding carboxylic acids is 1. The number of ketones is 1. The van der Waals surface area contributed by atoms with Crippen molar-refractivity contribution in [1.82, 2.24) is 4.98 Å². The highest BCUT2D eigenvalue weighted by atomic mass is 35.5. The highest BCUT2D eigenvalue weighted by Gasteiger charge is 2.28. The largest absolute Gasteiger partial charge is 0.483 e. The highest BCUT2D eigenvalue weighted by molar-refractivity contribution is 7.07. The summed E-state index contributed by atoms with van der Waals surface area (Å²) < 4.78 is 5.77. The fraction of sp³-hybridized carbons (Fsp3) is 0.167. The van der Waals surface area contributed by atoms with Gasteiger partial charge in [-0.05, 0) is 18.2 Å². The van der Waals surface area contributed by atoms with Crippen molar-refractivity contribution in [3.8, 4) is 5.75 Å². The van der Waals surface area contributed by atoms with Crippen LogP contribution in [0, 0.1) is 0 Å². The van der Waals surface area contributed by atoms with Gasteiger partial charge in [0.25, 0.3) is 0 Å². The van der Waals surface area contributed by atoms with Gasteiger partial charge in [-0.25, -0.2) is 4.98 Å². The molecule has 0 saturated heterocycles. The first-order valence-corrected chi connectivity index (χ1v) is 6.43. The van der Waals surface area contributed by atoms with Gasteiger partial charge < -0.3 is 4.74 Å². The van der Waals surface area contributed by atoms with E-state index < -0.39 is 0 Å². The van der Waals surface area contributed by atoms with Gasteiger partial charge in [0.15, 0.2) is 5.78 Å². The van der Waals surface area contributed by atoms with E-state index in [2.05, 4.69) is 4.98 Å². The minimum Gasteiger partial charge on any atom is -0.483 e. The van der Waals surface area contributed by atoms with Gasteiger partial charge >= 0.3 is 0 Å². The minimum absolute atomic E-state index is 0.0479. The van der Waals surface area contributed by atoms with Crippen LogP contribution in [0.2, 0.25) is 5.02 Å². The van der Waals surface area contributed by atoms with Crippen LogP contribution >= 0.6 is 22.9 Å². The molecule has 1 unspecified atom stereocenters. The molecule has 17 heavy (non-hydrogen) atoms. The number of aromatic nitrogens is 1. The molecule has 2 aromatic rings. The van der Waals surface area contributed by atoms with Crippen LogP contribution in [0.4, 0.5) is 0 Å². The molecule has 3 rings (SSSR count). The summed E-state index contributed by atoms with van der Waals surface area (Å²) in [7, 11) is 0. The molecule has 0 bridgehead atoms. The van der Waals surface area contributed by atoms with Crippen molar-refractivity contribution in [2.24, 2.45) is 0 Å². The normalized spacial score (nSPS) is 18.6. The Bertz CT molecular complexity index is 568. The predicted molar refractivity (Wildman–Crippen MR) is 65.9 cm³/mol. The van der Waals surface area contributed by atoms with Gasteiger partial charge in [-0.3, -0.25) is 4.79 Å². The Morgan fingerprint density at radius 1 is 1.47 bits per heavy atom. The summed E-state index contributed by atoms with van der Waals surface area (Å²) in [4.78, 5) is 16.2. The molecular formula is C12H8ClNO2S. The quantitative estimate of drug-likeness (QED) is 0.792. The van der Waals surface area contributed by atoms with Crippen molar-refractivity contribution in [2.45, 2.75) is 12.5 Å². The van der Waals surface area contributed by atoms with Gasteiger partial charge in [-0.2, -0.15) is 0 Å². The van der Waals surface area contributed by atoms with E-state index in [-0.39, 0.29) is 11.9 Å².